The summed E-state index contributed by atoms with van der Waals surface area (Å²) in [5.41, 5.74) is 0. The minimum atomic E-state index is 0.423. The molecule has 4 heteroatoms. The van der Waals surface area contributed by atoms with E-state index < -0.39 is 0 Å². The van der Waals surface area contributed by atoms with Crippen molar-refractivity contribution in [2.24, 2.45) is 17.8 Å². The number of fused-ring (bicyclic) bond motifs is 1. The molecule has 3 rings (SSSR count). The molecule has 3 fully saturated rings. The molecule has 2 aliphatic carbocycles. The Morgan fingerprint density at radius 3 is 2.35 bits per heavy atom. The lowest BCUT2D eigenvalue weighted by molar-refractivity contribution is -0.135. The summed E-state index contributed by atoms with van der Waals surface area (Å²) in [4.78, 5) is 16.9. The predicted octanol–water partition coefficient (Wildman–Crippen LogP) is 1.57. The van der Waals surface area contributed by atoms with Gasteiger partial charge in [-0.05, 0) is 24.7 Å². The van der Waals surface area contributed by atoms with E-state index in [1.807, 2.05) is 0 Å². The average Bonchev–Trinajstić information content (AvgIpc) is 2.83. The fraction of sp³-hybridized carbons (Fsp3) is 0.923. The van der Waals surface area contributed by atoms with Crippen LogP contribution in [0.3, 0.4) is 0 Å². The van der Waals surface area contributed by atoms with Crippen LogP contribution in [0.1, 0.15) is 19.3 Å². The number of hydrogen-bond donors (Lipinski definition) is 0. The van der Waals surface area contributed by atoms with Gasteiger partial charge in [0.2, 0.25) is 5.91 Å². The monoisotopic (exact) mass is 300 g/mol. The second-order valence-corrected chi connectivity index (χ2v) is 6.43. The van der Waals surface area contributed by atoms with Gasteiger partial charge in [0.1, 0.15) is 0 Å². The van der Waals surface area contributed by atoms with Gasteiger partial charge in [-0.2, -0.15) is 0 Å². The molecule has 0 aromatic carbocycles. The lowest BCUT2D eigenvalue weighted by Crippen LogP contribution is -2.49. The van der Waals surface area contributed by atoms with E-state index >= 15 is 0 Å². The van der Waals surface area contributed by atoms with E-state index in [0.29, 0.717) is 11.8 Å². The average molecular weight is 301 g/mol. The van der Waals surface area contributed by atoms with Crippen LogP contribution in [0, 0.1) is 17.8 Å². The summed E-state index contributed by atoms with van der Waals surface area (Å²) in [5.74, 6) is 2.43. The first kappa shape index (κ1) is 12.0. The lowest BCUT2D eigenvalue weighted by Gasteiger charge is -2.34. The fourth-order valence-corrected chi connectivity index (χ4v) is 4.21. The van der Waals surface area contributed by atoms with Crippen LogP contribution in [0.2, 0.25) is 0 Å². The normalized spacial score (nSPS) is 37.0. The molecule has 0 aromatic heterocycles. The van der Waals surface area contributed by atoms with E-state index in [2.05, 4.69) is 25.7 Å². The van der Waals surface area contributed by atoms with E-state index in [0.717, 1.165) is 49.9 Å². The maximum absolute atomic E-state index is 12.3. The highest BCUT2D eigenvalue weighted by atomic mass is 79.9. The molecular weight excluding hydrogens is 280 g/mol. The number of hydrogen-bond acceptors (Lipinski definition) is 2. The summed E-state index contributed by atoms with van der Waals surface area (Å²) in [6, 6.07) is 0. The van der Waals surface area contributed by atoms with E-state index in [9.17, 15) is 4.79 Å². The molecule has 1 aliphatic heterocycles. The molecule has 2 unspecified atom stereocenters. The van der Waals surface area contributed by atoms with Gasteiger partial charge in [-0.3, -0.25) is 9.69 Å². The third-order valence-corrected chi connectivity index (χ3v) is 5.13. The molecule has 2 saturated carbocycles. The van der Waals surface area contributed by atoms with Gasteiger partial charge in [0.15, 0.2) is 0 Å². The first-order valence-electron chi connectivity index (χ1n) is 6.88. The van der Waals surface area contributed by atoms with Crippen molar-refractivity contribution in [3.05, 3.63) is 0 Å². The van der Waals surface area contributed by atoms with Crippen LogP contribution < -0.4 is 0 Å². The third-order valence-electron chi connectivity index (χ3n) is 4.78. The smallest absolute Gasteiger partial charge is 0.226 e. The molecule has 0 spiro atoms. The number of piperazine rings is 1. The second kappa shape index (κ2) is 4.88. The molecule has 3 aliphatic rings. The number of carbonyl (C=O) groups excluding carboxylic acids is 1. The van der Waals surface area contributed by atoms with Crippen molar-refractivity contribution in [3.63, 3.8) is 0 Å². The third kappa shape index (κ3) is 2.26. The van der Waals surface area contributed by atoms with Crippen molar-refractivity contribution in [2.45, 2.75) is 19.3 Å². The largest absolute Gasteiger partial charge is 0.340 e. The molecule has 2 atom stereocenters. The Hall–Kier alpha value is -0.0900. The van der Waals surface area contributed by atoms with E-state index in [4.69, 9.17) is 0 Å². The highest BCUT2D eigenvalue weighted by molar-refractivity contribution is 9.09. The minimum absolute atomic E-state index is 0.423. The first-order chi connectivity index (χ1) is 8.31. The summed E-state index contributed by atoms with van der Waals surface area (Å²) in [5, 5.41) is 1.04. The minimum Gasteiger partial charge on any atom is -0.340 e. The second-order valence-electron chi connectivity index (χ2n) is 5.64. The van der Waals surface area contributed by atoms with Gasteiger partial charge in [-0.1, -0.05) is 22.4 Å². The van der Waals surface area contributed by atoms with Crippen LogP contribution >= 0.6 is 15.9 Å². The standard InChI is InChI=1S/C13H21BrN2O/c14-4-5-15-6-8-16(9-7-15)13(17)12-10-2-1-3-11(10)12/h10-12H,1-9H2. The van der Waals surface area contributed by atoms with Gasteiger partial charge < -0.3 is 4.90 Å². The number of alkyl halides is 1. The van der Waals surface area contributed by atoms with Crippen LogP contribution in [0.25, 0.3) is 0 Å². The van der Waals surface area contributed by atoms with Crippen molar-refractivity contribution in [1.29, 1.82) is 0 Å². The number of carbonyl (C=O) groups is 1. The van der Waals surface area contributed by atoms with Gasteiger partial charge in [0.25, 0.3) is 0 Å². The summed E-state index contributed by atoms with van der Waals surface area (Å²) in [6.45, 7) is 5.11. The Bertz CT molecular complexity index is 292. The Morgan fingerprint density at radius 1 is 1.12 bits per heavy atom. The van der Waals surface area contributed by atoms with Crippen LogP contribution in [0.4, 0.5) is 0 Å². The van der Waals surface area contributed by atoms with Crippen molar-refractivity contribution in [3.8, 4) is 0 Å². The number of rotatable bonds is 3. The van der Waals surface area contributed by atoms with Crippen LogP contribution in [0.5, 0.6) is 0 Å². The zero-order valence-electron chi connectivity index (χ0n) is 10.3. The Balaban J connectivity index is 1.48. The molecule has 1 saturated heterocycles. The molecule has 96 valence electrons. The van der Waals surface area contributed by atoms with Crippen LogP contribution in [-0.2, 0) is 4.79 Å². The predicted molar refractivity (Wildman–Crippen MR) is 71.1 cm³/mol. The highest BCUT2D eigenvalue weighted by Crippen LogP contribution is 2.58. The molecule has 0 aromatic rings. The maximum Gasteiger partial charge on any atom is 0.226 e. The summed E-state index contributed by atoms with van der Waals surface area (Å²) in [6.07, 6.45) is 3.98. The first-order valence-corrected chi connectivity index (χ1v) is 8.00. The van der Waals surface area contributed by atoms with Gasteiger partial charge >= 0.3 is 0 Å². The molecule has 1 amide bonds. The molecule has 0 N–H and O–H groups in total. The Labute approximate surface area is 112 Å². The molecule has 0 radical (unpaired) electrons. The maximum atomic E-state index is 12.3. The highest BCUT2D eigenvalue weighted by Gasteiger charge is 2.57. The lowest BCUT2D eigenvalue weighted by atomic mass is 10.1. The molecular formula is C13H21BrN2O. The van der Waals surface area contributed by atoms with Gasteiger partial charge in [-0.15, -0.1) is 0 Å². The molecule has 0 bridgehead atoms. The number of halogens is 1. The summed E-state index contributed by atoms with van der Waals surface area (Å²) >= 11 is 3.47. The number of amides is 1. The molecule has 1 heterocycles. The van der Waals surface area contributed by atoms with Crippen molar-refractivity contribution < 1.29 is 4.79 Å². The van der Waals surface area contributed by atoms with Gasteiger partial charge in [0.05, 0.1) is 0 Å². The fourth-order valence-electron chi connectivity index (χ4n) is 3.71. The van der Waals surface area contributed by atoms with Crippen molar-refractivity contribution in [1.82, 2.24) is 9.80 Å². The topological polar surface area (TPSA) is 23.6 Å². The van der Waals surface area contributed by atoms with Crippen molar-refractivity contribution >= 4 is 21.8 Å². The molecule has 17 heavy (non-hydrogen) atoms. The SMILES string of the molecule is O=C(C1C2CCCC21)N1CCN(CCBr)CC1. The van der Waals surface area contributed by atoms with E-state index in [1.54, 1.807) is 0 Å². The quantitative estimate of drug-likeness (QED) is 0.739. The van der Waals surface area contributed by atoms with Crippen LogP contribution in [-0.4, -0.2) is 53.8 Å². The Kier molecular flexibility index (Phi) is 3.44. The van der Waals surface area contributed by atoms with Gasteiger partial charge in [0, 0.05) is 44.0 Å². The Morgan fingerprint density at radius 2 is 1.76 bits per heavy atom. The van der Waals surface area contributed by atoms with Crippen LogP contribution in [0.15, 0.2) is 0 Å². The summed E-state index contributed by atoms with van der Waals surface area (Å²) in [7, 11) is 0. The van der Waals surface area contributed by atoms with Gasteiger partial charge in [-0.25, -0.2) is 0 Å². The molecule has 3 nitrogen and oxygen atoms in total. The zero-order valence-corrected chi connectivity index (χ0v) is 11.9. The summed E-state index contributed by atoms with van der Waals surface area (Å²) < 4.78 is 0. The zero-order chi connectivity index (χ0) is 11.8. The van der Waals surface area contributed by atoms with E-state index in [1.165, 1.54) is 19.3 Å². The van der Waals surface area contributed by atoms with E-state index in [-0.39, 0.29) is 0 Å². The van der Waals surface area contributed by atoms with Crippen molar-refractivity contribution in [2.75, 3.05) is 38.1 Å². The number of nitrogens with zero attached hydrogens (tertiary/aromatic N) is 2.